The van der Waals surface area contributed by atoms with Crippen molar-refractivity contribution in [3.05, 3.63) is 40.1 Å². The Hall–Kier alpha value is -1.86. The van der Waals surface area contributed by atoms with Crippen molar-refractivity contribution in [2.75, 3.05) is 7.11 Å². The average Bonchev–Trinajstić information content (AvgIpc) is 2.80. The zero-order chi connectivity index (χ0) is 16.8. The molecule has 0 bridgehead atoms. The second-order valence-electron chi connectivity index (χ2n) is 4.80. The van der Waals surface area contributed by atoms with E-state index in [1.807, 2.05) is 6.92 Å². The minimum Gasteiger partial charge on any atom is -0.496 e. The lowest BCUT2D eigenvalue weighted by atomic mass is 10.0. The molecule has 3 nitrogen and oxygen atoms in total. The van der Waals surface area contributed by atoms with E-state index in [9.17, 15) is 13.2 Å². The zero-order valence-corrected chi connectivity index (χ0v) is 13.6. The van der Waals surface area contributed by atoms with Crippen molar-refractivity contribution in [2.45, 2.75) is 13.1 Å². The van der Waals surface area contributed by atoms with Crippen LogP contribution in [0.25, 0.3) is 21.3 Å². The fraction of sp³-hybridized carbons (Fsp3) is 0.200. The molecule has 1 aromatic carbocycles. The third kappa shape index (κ3) is 2.86. The fourth-order valence-corrected chi connectivity index (χ4v) is 3.50. The fourth-order valence-electron chi connectivity index (χ4n) is 2.38. The summed E-state index contributed by atoms with van der Waals surface area (Å²) in [5, 5.41) is 0.0856. The van der Waals surface area contributed by atoms with Gasteiger partial charge in [0.05, 0.1) is 22.9 Å². The van der Waals surface area contributed by atoms with Gasteiger partial charge in [-0.05, 0) is 36.7 Å². The number of methoxy groups -OCH3 is 1. The van der Waals surface area contributed by atoms with Gasteiger partial charge in [0.1, 0.15) is 5.75 Å². The molecule has 3 rings (SSSR count). The van der Waals surface area contributed by atoms with Crippen LogP contribution >= 0.6 is 22.9 Å². The van der Waals surface area contributed by atoms with Gasteiger partial charge in [-0.1, -0.05) is 0 Å². The van der Waals surface area contributed by atoms with Gasteiger partial charge in [-0.3, -0.25) is 0 Å². The Kier molecular flexibility index (Phi) is 3.93. The number of nitrogens with zero attached hydrogens (tertiary/aromatic N) is 2. The van der Waals surface area contributed by atoms with Gasteiger partial charge in [0.25, 0.3) is 0 Å². The molecule has 23 heavy (non-hydrogen) atoms. The van der Waals surface area contributed by atoms with Crippen LogP contribution in [0.1, 0.15) is 10.4 Å². The molecule has 0 unspecified atom stereocenters. The van der Waals surface area contributed by atoms with Crippen molar-refractivity contribution in [3.63, 3.8) is 0 Å². The summed E-state index contributed by atoms with van der Waals surface area (Å²) in [4.78, 5) is 9.03. The molecular formula is C15H10ClF3N2OS. The van der Waals surface area contributed by atoms with Gasteiger partial charge in [0.15, 0.2) is 0 Å². The number of rotatable bonds is 2. The molecule has 0 amide bonds. The summed E-state index contributed by atoms with van der Waals surface area (Å²) in [7, 11) is 1.34. The van der Waals surface area contributed by atoms with Crippen LogP contribution in [0.15, 0.2) is 24.4 Å². The number of aromatic nitrogens is 2. The minimum absolute atomic E-state index is 0.0856. The summed E-state index contributed by atoms with van der Waals surface area (Å²) in [5.74, 6) is 0.136. The maximum absolute atomic E-state index is 12.9. The number of benzene rings is 1. The van der Waals surface area contributed by atoms with Crippen molar-refractivity contribution in [1.29, 1.82) is 0 Å². The molecule has 2 aromatic heterocycles. The highest BCUT2D eigenvalue weighted by atomic mass is 35.5. The van der Waals surface area contributed by atoms with E-state index in [4.69, 9.17) is 16.3 Å². The Labute approximate surface area is 138 Å². The van der Waals surface area contributed by atoms with Crippen LogP contribution in [0.5, 0.6) is 5.75 Å². The third-order valence-corrected chi connectivity index (χ3v) is 4.59. The van der Waals surface area contributed by atoms with Crippen LogP contribution in [0.4, 0.5) is 13.2 Å². The molecule has 0 saturated heterocycles. The Bertz CT molecular complexity index is 892. The first-order chi connectivity index (χ1) is 10.8. The highest BCUT2D eigenvalue weighted by Crippen LogP contribution is 2.43. The number of fused-ring (bicyclic) bond motifs is 1. The Morgan fingerprint density at radius 2 is 2.00 bits per heavy atom. The summed E-state index contributed by atoms with van der Waals surface area (Å²) in [6, 6.07) is 3.41. The number of alkyl halides is 3. The molecule has 0 saturated carbocycles. The van der Waals surface area contributed by atoms with E-state index in [1.165, 1.54) is 24.5 Å². The maximum Gasteiger partial charge on any atom is 0.416 e. The Balaban J connectivity index is 2.26. The van der Waals surface area contributed by atoms with E-state index < -0.39 is 11.7 Å². The van der Waals surface area contributed by atoms with Crippen molar-refractivity contribution < 1.29 is 17.9 Å². The van der Waals surface area contributed by atoms with Gasteiger partial charge in [-0.2, -0.15) is 13.2 Å². The maximum atomic E-state index is 12.9. The molecule has 8 heteroatoms. The summed E-state index contributed by atoms with van der Waals surface area (Å²) in [5.41, 5.74) is 1.09. The lowest BCUT2D eigenvalue weighted by Crippen LogP contribution is -2.05. The lowest BCUT2D eigenvalue weighted by Gasteiger charge is -2.13. The van der Waals surface area contributed by atoms with E-state index in [0.717, 1.165) is 21.7 Å². The normalized spacial score (nSPS) is 11.9. The predicted molar refractivity (Wildman–Crippen MR) is 84.2 cm³/mol. The molecule has 2 heterocycles. The zero-order valence-electron chi connectivity index (χ0n) is 12.0. The highest BCUT2D eigenvalue weighted by molar-refractivity contribution is 7.19. The summed E-state index contributed by atoms with van der Waals surface area (Å²) < 4.78 is 44.6. The molecule has 0 aliphatic rings. The van der Waals surface area contributed by atoms with E-state index in [-0.39, 0.29) is 11.0 Å². The van der Waals surface area contributed by atoms with Crippen LogP contribution in [0, 0.1) is 6.92 Å². The average molecular weight is 359 g/mol. The molecule has 0 spiro atoms. The van der Waals surface area contributed by atoms with Gasteiger partial charge >= 0.3 is 6.18 Å². The standard InChI is InChI=1S/C15H10ClF3N2OS/c1-7-12(13-11(23-7)6-20-14(16)21-13)9-4-3-8(15(17,18)19)5-10(9)22-2/h3-6H,1-2H3. The van der Waals surface area contributed by atoms with Crippen LogP contribution in [-0.4, -0.2) is 17.1 Å². The molecule has 120 valence electrons. The van der Waals surface area contributed by atoms with Gasteiger partial charge in [0.2, 0.25) is 5.28 Å². The summed E-state index contributed by atoms with van der Waals surface area (Å²) in [6.07, 6.45) is -2.83. The van der Waals surface area contributed by atoms with Crippen molar-refractivity contribution in [3.8, 4) is 16.9 Å². The van der Waals surface area contributed by atoms with Crippen LogP contribution in [0.3, 0.4) is 0 Å². The van der Waals surface area contributed by atoms with Crippen molar-refractivity contribution >= 4 is 33.2 Å². The van der Waals surface area contributed by atoms with Gasteiger partial charge in [-0.15, -0.1) is 11.3 Å². The number of ether oxygens (including phenoxy) is 1. The van der Waals surface area contributed by atoms with Crippen molar-refractivity contribution in [2.24, 2.45) is 0 Å². The number of halogens is 4. The van der Waals surface area contributed by atoms with E-state index in [1.54, 1.807) is 6.20 Å². The quantitative estimate of drug-likeness (QED) is 0.579. The number of hydrogen-bond donors (Lipinski definition) is 0. The Morgan fingerprint density at radius 1 is 1.26 bits per heavy atom. The molecule has 0 N–H and O–H groups in total. The topological polar surface area (TPSA) is 35.0 Å². The summed E-state index contributed by atoms with van der Waals surface area (Å²) >= 11 is 7.30. The summed E-state index contributed by atoms with van der Waals surface area (Å²) in [6.45, 7) is 1.87. The van der Waals surface area contributed by atoms with Crippen LogP contribution < -0.4 is 4.74 Å². The molecule has 0 aliphatic carbocycles. The van der Waals surface area contributed by atoms with E-state index >= 15 is 0 Å². The SMILES string of the molecule is COc1cc(C(F)(F)F)ccc1-c1c(C)sc2cnc(Cl)nc12. The van der Waals surface area contributed by atoms with Crippen LogP contribution in [-0.2, 0) is 6.18 Å². The molecule has 0 aliphatic heterocycles. The smallest absolute Gasteiger partial charge is 0.416 e. The largest absolute Gasteiger partial charge is 0.496 e. The first-order valence-corrected chi connectivity index (χ1v) is 7.68. The van der Waals surface area contributed by atoms with E-state index in [0.29, 0.717) is 16.6 Å². The first kappa shape index (κ1) is 16.0. The minimum atomic E-state index is -4.43. The highest BCUT2D eigenvalue weighted by Gasteiger charge is 2.31. The van der Waals surface area contributed by atoms with Gasteiger partial charge in [-0.25, -0.2) is 9.97 Å². The molecule has 0 radical (unpaired) electrons. The van der Waals surface area contributed by atoms with E-state index in [2.05, 4.69) is 9.97 Å². The third-order valence-electron chi connectivity index (χ3n) is 3.38. The molecule has 0 atom stereocenters. The lowest BCUT2D eigenvalue weighted by molar-refractivity contribution is -0.137. The van der Waals surface area contributed by atoms with Gasteiger partial charge < -0.3 is 4.74 Å². The molecular weight excluding hydrogens is 349 g/mol. The number of thiophene rings is 1. The second-order valence-corrected chi connectivity index (χ2v) is 6.39. The number of hydrogen-bond acceptors (Lipinski definition) is 4. The van der Waals surface area contributed by atoms with Gasteiger partial charge in [0, 0.05) is 22.2 Å². The van der Waals surface area contributed by atoms with Crippen LogP contribution in [0.2, 0.25) is 5.28 Å². The predicted octanol–water partition coefficient (Wildman–Crippen LogP) is 5.35. The first-order valence-electron chi connectivity index (χ1n) is 6.48. The van der Waals surface area contributed by atoms with Crippen molar-refractivity contribution in [1.82, 2.24) is 9.97 Å². The number of aryl methyl sites for hydroxylation is 1. The Morgan fingerprint density at radius 3 is 2.65 bits per heavy atom. The molecule has 3 aromatic rings. The monoisotopic (exact) mass is 358 g/mol. The second kappa shape index (κ2) is 5.65. The molecule has 0 fully saturated rings.